The van der Waals surface area contributed by atoms with Gasteiger partial charge >= 0.3 is 0 Å². The normalized spacial score (nSPS) is 14.8. The van der Waals surface area contributed by atoms with Crippen LogP contribution in [-0.2, 0) is 0 Å². The van der Waals surface area contributed by atoms with Crippen LogP contribution in [0.1, 0.15) is 91.7 Å². The van der Waals surface area contributed by atoms with Crippen LogP contribution < -0.4 is 4.90 Å². The molecule has 2 nitrogen and oxygen atoms in total. The van der Waals surface area contributed by atoms with Crippen LogP contribution in [0, 0.1) is 16.7 Å². The molecule has 7 aromatic carbocycles. The number of fused-ring (bicyclic) bond motifs is 3. The third kappa shape index (κ3) is 10.2. The number of aromatic nitrogens is 1. The van der Waals surface area contributed by atoms with Gasteiger partial charge in [-0.25, -0.2) is 0 Å². The van der Waals surface area contributed by atoms with Gasteiger partial charge < -0.3 is 9.47 Å². The van der Waals surface area contributed by atoms with Crippen molar-refractivity contribution >= 4 is 33.2 Å². The van der Waals surface area contributed by atoms with Gasteiger partial charge in [0, 0.05) is 33.5 Å². The Morgan fingerprint density at radius 3 is 1.58 bits per heavy atom. The summed E-state index contributed by atoms with van der Waals surface area (Å²) in [4.78, 5) is 2.33. The first-order valence-electron chi connectivity index (χ1n) is 24.9. The van der Waals surface area contributed by atoms with Crippen LogP contribution in [0.4, 0.5) is 11.4 Å². The summed E-state index contributed by atoms with van der Waals surface area (Å²) in [5.41, 5.74) is 18.4. The molecule has 0 fully saturated rings. The number of benzene rings is 7. The fourth-order valence-corrected chi connectivity index (χ4v) is 10.1. The van der Waals surface area contributed by atoms with Crippen molar-refractivity contribution in [2.75, 3.05) is 4.90 Å². The number of rotatable bonds is 13. The molecule has 1 aliphatic rings. The van der Waals surface area contributed by atoms with Crippen LogP contribution in [0.3, 0.4) is 0 Å². The molecule has 8 aromatic rings. The summed E-state index contributed by atoms with van der Waals surface area (Å²) in [5.74, 6) is 1.32. The number of allylic oxidation sites excluding steroid dienone is 8. The zero-order valence-electron chi connectivity index (χ0n) is 42.2. The minimum Gasteiger partial charge on any atom is -0.311 e. The predicted octanol–water partition coefficient (Wildman–Crippen LogP) is 19.4. The molecule has 0 spiro atoms. The van der Waals surface area contributed by atoms with E-state index in [1.807, 2.05) is 6.08 Å². The number of anilines is 2. The number of hydrogen-bond donors (Lipinski definition) is 0. The van der Waals surface area contributed by atoms with Gasteiger partial charge in [-0.1, -0.05) is 202 Å². The van der Waals surface area contributed by atoms with Crippen molar-refractivity contribution in [1.82, 2.24) is 4.57 Å². The van der Waals surface area contributed by atoms with Gasteiger partial charge in [-0.05, 0) is 158 Å². The first-order valence-corrected chi connectivity index (χ1v) is 24.9. The van der Waals surface area contributed by atoms with Crippen LogP contribution in [0.5, 0.6) is 0 Å². The second kappa shape index (κ2) is 19.4. The highest BCUT2D eigenvalue weighted by atomic mass is 15.1. The third-order valence-electron chi connectivity index (χ3n) is 14.0. The van der Waals surface area contributed by atoms with Crippen molar-refractivity contribution in [3.05, 3.63) is 235 Å². The van der Waals surface area contributed by atoms with Gasteiger partial charge in [0.1, 0.15) is 0 Å². The maximum atomic E-state index is 4.14. The van der Waals surface area contributed by atoms with Gasteiger partial charge in [-0.3, -0.25) is 0 Å². The van der Waals surface area contributed by atoms with E-state index in [9.17, 15) is 0 Å². The molecule has 0 amide bonds. The van der Waals surface area contributed by atoms with Crippen molar-refractivity contribution in [2.45, 2.75) is 80.6 Å². The summed E-state index contributed by atoms with van der Waals surface area (Å²) >= 11 is 0. The molecule has 2 atom stereocenters. The van der Waals surface area contributed by atoms with Gasteiger partial charge in [-0.2, -0.15) is 0 Å². The smallest absolute Gasteiger partial charge is 0.0541 e. The van der Waals surface area contributed by atoms with Crippen molar-refractivity contribution in [2.24, 2.45) is 16.7 Å². The van der Waals surface area contributed by atoms with Crippen LogP contribution in [0.2, 0.25) is 0 Å². The highest BCUT2D eigenvalue weighted by molar-refractivity contribution is 6.11. The molecular formula is C67H68N2. The standard InChI is InChI=1S/C67H68N2/c1-11-16-57(36-27-49-20-15-17-47(49)4)68(58-37-28-51(29-38-58)50-18-13-12-14-19-50)59-39-30-53(31-40-59)56-33-42-65-62(44-56)61-43-55(32-41-64(61)69(65)60-34-25-48(26-35-60)46(2)3)52-21-23-54(24-22-52)63(67(8,9)10)45-66(5,6)7/h11-44,46-47,63H,1,45H2,2-10H3/b36-27-,57-16+. The zero-order chi connectivity index (χ0) is 48.5. The molecule has 1 aromatic heterocycles. The van der Waals surface area contributed by atoms with Gasteiger partial charge in [0.15, 0.2) is 0 Å². The second-order valence-corrected chi connectivity index (χ2v) is 21.6. The SMILES string of the molecule is C=C/C=C(\C=C/C1=CC=CC1C)N(c1ccc(-c2ccccc2)cc1)c1ccc(-c2ccc3c(c2)c2cc(-c4ccc(C(CC(C)(C)C)C(C)(C)C)cc4)ccc2n3-c2ccc(C(C)C)cc2)cc1. The van der Waals surface area contributed by atoms with Crippen LogP contribution in [0.25, 0.3) is 60.9 Å². The Morgan fingerprint density at radius 2 is 1.10 bits per heavy atom. The lowest BCUT2D eigenvalue weighted by atomic mass is 9.69. The van der Waals surface area contributed by atoms with Crippen molar-refractivity contribution in [3.63, 3.8) is 0 Å². The molecule has 2 unspecified atom stereocenters. The van der Waals surface area contributed by atoms with E-state index >= 15 is 0 Å². The topological polar surface area (TPSA) is 8.17 Å². The lowest BCUT2D eigenvalue weighted by Gasteiger charge is -2.36. The summed E-state index contributed by atoms with van der Waals surface area (Å²) < 4.78 is 2.44. The Hall–Kier alpha value is -7.16. The molecule has 1 heterocycles. The first-order chi connectivity index (χ1) is 33.1. The van der Waals surface area contributed by atoms with Crippen molar-refractivity contribution in [3.8, 4) is 39.1 Å². The zero-order valence-corrected chi connectivity index (χ0v) is 42.2. The number of nitrogens with zero attached hydrogens (tertiary/aromatic N) is 2. The molecule has 0 saturated carbocycles. The van der Waals surface area contributed by atoms with Crippen LogP contribution in [0.15, 0.2) is 224 Å². The summed E-state index contributed by atoms with van der Waals surface area (Å²) in [7, 11) is 0. The van der Waals surface area contributed by atoms with Gasteiger partial charge in [0.2, 0.25) is 0 Å². The molecule has 1 aliphatic carbocycles. The molecule has 0 saturated heterocycles. The van der Waals surface area contributed by atoms with E-state index in [1.165, 1.54) is 77.6 Å². The third-order valence-corrected chi connectivity index (χ3v) is 14.0. The Bertz CT molecular complexity index is 3210. The largest absolute Gasteiger partial charge is 0.311 e. The van der Waals surface area contributed by atoms with Gasteiger partial charge in [-0.15, -0.1) is 0 Å². The Balaban J connectivity index is 1.12. The lowest BCUT2D eigenvalue weighted by molar-refractivity contribution is 0.229. The van der Waals surface area contributed by atoms with E-state index in [0.717, 1.165) is 23.5 Å². The molecule has 0 N–H and O–H groups in total. The number of hydrogen-bond acceptors (Lipinski definition) is 1. The average Bonchev–Trinajstić information content (AvgIpc) is 3.91. The molecule has 69 heavy (non-hydrogen) atoms. The molecule has 0 aliphatic heterocycles. The molecular weight excluding hydrogens is 833 g/mol. The molecule has 346 valence electrons. The quantitative estimate of drug-likeness (QED) is 0.105. The summed E-state index contributed by atoms with van der Waals surface area (Å²) in [6.07, 6.45) is 16.2. The van der Waals surface area contributed by atoms with E-state index in [2.05, 4.69) is 279 Å². The maximum Gasteiger partial charge on any atom is 0.0541 e. The first kappa shape index (κ1) is 46.9. The van der Waals surface area contributed by atoms with Crippen molar-refractivity contribution in [1.29, 1.82) is 0 Å². The summed E-state index contributed by atoms with van der Waals surface area (Å²) in [5, 5.41) is 2.48. The average molecular weight is 901 g/mol. The van der Waals surface area contributed by atoms with Gasteiger partial charge in [0.05, 0.1) is 11.0 Å². The molecule has 0 bridgehead atoms. The Morgan fingerprint density at radius 1 is 0.609 bits per heavy atom. The van der Waals surface area contributed by atoms with E-state index < -0.39 is 0 Å². The minimum atomic E-state index is 0.169. The molecule has 9 rings (SSSR count). The van der Waals surface area contributed by atoms with Crippen molar-refractivity contribution < 1.29 is 0 Å². The highest BCUT2D eigenvalue weighted by Gasteiger charge is 2.30. The Kier molecular flexibility index (Phi) is 13.2. The fraction of sp³-hybridized carbons (Fsp3) is 0.224. The predicted molar refractivity (Wildman–Crippen MR) is 300 cm³/mol. The summed E-state index contributed by atoms with van der Waals surface area (Å²) in [6, 6.07) is 61.1. The molecule has 0 radical (unpaired) electrons. The minimum absolute atomic E-state index is 0.169. The van der Waals surface area contributed by atoms with E-state index in [0.29, 0.717) is 17.8 Å². The van der Waals surface area contributed by atoms with Crippen LogP contribution in [-0.4, -0.2) is 4.57 Å². The molecule has 2 heteroatoms. The highest BCUT2D eigenvalue weighted by Crippen LogP contribution is 2.44. The lowest BCUT2D eigenvalue weighted by Crippen LogP contribution is -2.23. The fourth-order valence-electron chi connectivity index (χ4n) is 10.1. The van der Waals surface area contributed by atoms with E-state index in [4.69, 9.17) is 0 Å². The monoisotopic (exact) mass is 901 g/mol. The summed E-state index contributed by atoms with van der Waals surface area (Å²) in [6.45, 7) is 25.1. The Labute approximate surface area is 412 Å². The van der Waals surface area contributed by atoms with E-state index in [1.54, 1.807) is 0 Å². The van der Waals surface area contributed by atoms with E-state index in [-0.39, 0.29) is 10.8 Å². The van der Waals surface area contributed by atoms with Gasteiger partial charge in [0.25, 0.3) is 0 Å². The van der Waals surface area contributed by atoms with Crippen LogP contribution >= 0.6 is 0 Å². The second-order valence-electron chi connectivity index (χ2n) is 21.6. The maximum absolute atomic E-state index is 4.14.